The first-order valence-corrected chi connectivity index (χ1v) is 7.10. The van der Waals surface area contributed by atoms with Crippen LogP contribution in [0.3, 0.4) is 0 Å². The molecule has 0 saturated carbocycles. The summed E-state index contributed by atoms with van der Waals surface area (Å²) in [6.07, 6.45) is 1.17. The third kappa shape index (κ3) is 2.28. The van der Waals surface area contributed by atoms with Gasteiger partial charge in [0.05, 0.1) is 0 Å². The molecule has 0 nitrogen and oxygen atoms in total. The molecule has 0 saturated heterocycles. The average molecular weight is 231 g/mol. The number of halogens is 1. The summed E-state index contributed by atoms with van der Waals surface area (Å²) in [5.41, 5.74) is 4.33. The fourth-order valence-electron chi connectivity index (χ4n) is 1.19. The first kappa shape index (κ1) is 9.22. The van der Waals surface area contributed by atoms with Gasteiger partial charge in [-0.1, -0.05) is 33.7 Å². The van der Waals surface area contributed by atoms with Crippen LogP contribution >= 0.6 is 22.8 Å². The summed E-state index contributed by atoms with van der Waals surface area (Å²) < 4.78 is 0. The molecule has 0 heterocycles. The zero-order chi connectivity index (χ0) is 8.27. The highest BCUT2D eigenvalue weighted by atomic mass is 79.9. The molecule has 1 aromatic rings. The Morgan fingerprint density at radius 2 is 1.82 bits per heavy atom. The maximum absolute atomic E-state index is 3.48. The maximum Gasteiger partial charge on any atom is 0.000323 e. The first-order valence-electron chi connectivity index (χ1n) is 3.64. The van der Waals surface area contributed by atoms with Crippen LogP contribution < -0.4 is 0 Å². The normalized spacial score (nSPS) is 11.2. The van der Waals surface area contributed by atoms with Crippen LogP contribution in [0.25, 0.3) is 0 Å². The van der Waals surface area contributed by atoms with Crippen LogP contribution in [0.1, 0.15) is 16.7 Å². The largest absolute Gasteiger partial charge is 0.0639 e. The molecule has 1 unspecified atom stereocenters. The van der Waals surface area contributed by atoms with Crippen molar-refractivity contribution >= 4 is 22.8 Å². The van der Waals surface area contributed by atoms with E-state index in [0.717, 1.165) is 7.28 Å². The molecule has 0 radical (unpaired) electrons. The molecule has 1 atom stereocenters. The van der Waals surface area contributed by atoms with Gasteiger partial charge >= 0.3 is 0 Å². The summed E-state index contributed by atoms with van der Waals surface area (Å²) in [4.78, 5) is 0. The summed E-state index contributed by atoms with van der Waals surface area (Å²) in [6, 6.07) is 6.47. The lowest BCUT2D eigenvalue weighted by Crippen LogP contribution is -1.88. The molecule has 0 N–H and O–H groups in total. The predicted molar refractivity (Wildman–Crippen MR) is 56.9 cm³/mol. The van der Waals surface area contributed by atoms with Crippen LogP contribution in [0.4, 0.5) is 0 Å². The Hall–Kier alpha value is 0.130. The van der Waals surface area contributed by atoms with Gasteiger partial charge in [0.25, 0.3) is 0 Å². The second kappa shape index (κ2) is 4.23. The smallest absolute Gasteiger partial charge is 0.000323 e. The Labute approximate surface area is 77.9 Å². The third-order valence-corrected chi connectivity index (χ3v) is 3.22. The number of benzene rings is 1. The molecule has 1 aromatic carbocycles. The summed E-state index contributed by atoms with van der Waals surface area (Å²) in [5.74, 6) is 0. The topological polar surface area (TPSA) is 0 Å². The van der Waals surface area contributed by atoms with Crippen LogP contribution in [0.5, 0.6) is 0 Å². The minimum Gasteiger partial charge on any atom is -0.0639 e. The van der Waals surface area contributed by atoms with Gasteiger partial charge in [-0.05, 0) is 37.8 Å². The quantitative estimate of drug-likeness (QED) is 0.679. The van der Waals surface area contributed by atoms with Gasteiger partial charge in [-0.2, -0.15) is 0 Å². The van der Waals surface area contributed by atoms with Crippen LogP contribution in [-0.2, 0) is 6.16 Å². The number of hydrogen-bond acceptors (Lipinski definition) is 0. The molecule has 0 spiro atoms. The summed E-state index contributed by atoms with van der Waals surface area (Å²) in [6.45, 7) is 4.35. The van der Waals surface area contributed by atoms with Gasteiger partial charge in [0, 0.05) is 6.16 Å². The van der Waals surface area contributed by atoms with Crippen molar-refractivity contribution in [3.8, 4) is 0 Å². The van der Waals surface area contributed by atoms with Crippen LogP contribution in [0.2, 0.25) is 0 Å². The van der Waals surface area contributed by atoms with E-state index in [1.54, 1.807) is 0 Å². The Morgan fingerprint density at radius 3 is 2.27 bits per heavy atom. The highest BCUT2D eigenvalue weighted by molar-refractivity contribution is 9.36. The number of hydrogen-bond donors (Lipinski definition) is 0. The SMILES string of the molecule is Cc1cccc(C)c1CPBr. The Bertz CT molecular complexity index is 225. The molecule has 0 fully saturated rings. The standard InChI is InChI=1S/C9H12BrP/c1-7-4-3-5-8(2)9(7)6-11-10/h3-5,11H,6H2,1-2H3. The van der Waals surface area contributed by atoms with E-state index in [1.165, 1.54) is 22.9 Å². The molecule has 2 heteroatoms. The fourth-order valence-corrected chi connectivity index (χ4v) is 2.73. The highest BCUT2D eigenvalue weighted by Gasteiger charge is 1.99. The van der Waals surface area contributed by atoms with E-state index in [1.807, 2.05) is 0 Å². The Kier molecular flexibility index (Phi) is 3.54. The van der Waals surface area contributed by atoms with Gasteiger partial charge in [0.2, 0.25) is 0 Å². The average Bonchev–Trinajstić information content (AvgIpc) is 1.97. The molecule has 0 bridgehead atoms. The monoisotopic (exact) mass is 230 g/mol. The van der Waals surface area contributed by atoms with Crippen LogP contribution in [0, 0.1) is 13.8 Å². The van der Waals surface area contributed by atoms with Crippen molar-refractivity contribution in [1.82, 2.24) is 0 Å². The van der Waals surface area contributed by atoms with Gasteiger partial charge in [0.1, 0.15) is 0 Å². The highest BCUT2D eigenvalue weighted by Crippen LogP contribution is 2.28. The molecule has 0 aromatic heterocycles. The van der Waals surface area contributed by atoms with Crippen LogP contribution in [0.15, 0.2) is 18.2 Å². The van der Waals surface area contributed by atoms with E-state index in [9.17, 15) is 0 Å². The van der Waals surface area contributed by atoms with Crippen molar-refractivity contribution in [2.24, 2.45) is 0 Å². The molecule has 1 rings (SSSR count). The molecule has 0 amide bonds. The van der Waals surface area contributed by atoms with Crippen molar-refractivity contribution in [3.63, 3.8) is 0 Å². The van der Waals surface area contributed by atoms with Crippen molar-refractivity contribution in [2.75, 3.05) is 0 Å². The first-order chi connectivity index (χ1) is 5.25. The van der Waals surface area contributed by atoms with E-state index in [4.69, 9.17) is 0 Å². The van der Waals surface area contributed by atoms with E-state index >= 15 is 0 Å². The van der Waals surface area contributed by atoms with Crippen molar-refractivity contribution in [3.05, 3.63) is 34.9 Å². The minimum atomic E-state index is 0.840. The summed E-state index contributed by atoms with van der Waals surface area (Å²) in [5, 5.41) is 0. The molecule has 0 aliphatic heterocycles. The van der Waals surface area contributed by atoms with E-state index in [0.29, 0.717) is 0 Å². The lowest BCUT2D eigenvalue weighted by atomic mass is 10.1. The van der Waals surface area contributed by atoms with Crippen molar-refractivity contribution < 1.29 is 0 Å². The van der Waals surface area contributed by atoms with Crippen molar-refractivity contribution in [1.29, 1.82) is 0 Å². The van der Waals surface area contributed by atoms with E-state index < -0.39 is 0 Å². The van der Waals surface area contributed by atoms with Gasteiger partial charge in [-0.25, -0.2) is 0 Å². The number of aryl methyl sites for hydroxylation is 2. The molecular weight excluding hydrogens is 219 g/mol. The molecular formula is C9H12BrP. The fraction of sp³-hybridized carbons (Fsp3) is 0.333. The van der Waals surface area contributed by atoms with Gasteiger partial charge in [-0.15, -0.1) is 0 Å². The minimum absolute atomic E-state index is 0.840. The Morgan fingerprint density at radius 1 is 1.27 bits per heavy atom. The lowest BCUT2D eigenvalue weighted by molar-refractivity contribution is 1.24. The van der Waals surface area contributed by atoms with E-state index in [-0.39, 0.29) is 0 Å². The van der Waals surface area contributed by atoms with Gasteiger partial charge in [0.15, 0.2) is 0 Å². The van der Waals surface area contributed by atoms with Crippen LogP contribution in [-0.4, -0.2) is 0 Å². The maximum atomic E-state index is 3.48. The lowest BCUT2D eigenvalue weighted by Gasteiger charge is -2.06. The molecule has 0 aliphatic carbocycles. The molecule has 60 valence electrons. The zero-order valence-electron chi connectivity index (χ0n) is 6.82. The van der Waals surface area contributed by atoms with Gasteiger partial charge < -0.3 is 0 Å². The third-order valence-electron chi connectivity index (χ3n) is 1.89. The van der Waals surface area contributed by atoms with Crippen molar-refractivity contribution in [2.45, 2.75) is 20.0 Å². The predicted octanol–water partition coefficient (Wildman–Crippen LogP) is 3.79. The Balaban J connectivity index is 3.00. The summed E-state index contributed by atoms with van der Waals surface area (Å²) >= 11 is 3.48. The summed E-state index contributed by atoms with van der Waals surface area (Å²) in [7, 11) is 0.840. The molecule has 0 aliphatic rings. The van der Waals surface area contributed by atoms with Gasteiger partial charge in [-0.3, -0.25) is 0 Å². The second-order valence-corrected chi connectivity index (χ2v) is 4.98. The molecule has 11 heavy (non-hydrogen) atoms. The van der Waals surface area contributed by atoms with E-state index in [2.05, 4.69) is 47.5 Å². The zero-order valence-corrected chi connectivity index (χ0v) is 9.40. The second-order valence-electron chi connectivity index (χ2n) is 2.68. The number of rotatable bonds is 2.